The molecule has 1 N–H and O–H groups in total. The normalized spacial score (nSPS) is 20.3. The van der Waals surface area contributed by atoms with E-state index in [1.807, 2.05) is 36.4 Å². The van der Waals surface area contributed by atoms with E-state index in [1.165, 1.54) is 12.3 Å². The van der Waals surface area contributed by atoms with E-state index in [1.54, 1.807) is 31.0 Å². The van der Waals surface area contributed by atoms with E-state index >= 15 is 0 Å². The lowest BCUT2D eigenvalue weighted by Crippen LogP contribution is -2.45. The molecule has 5 rings (SSSR count). The van der Waals surface area contributed by atoms with Gasteiger partial charge >= 0.3 is 0 Å². The number of aliphatic hydroxyl groups is 1. The van der Waals surface area contributed by atoms with E-state index in [9.17, 15) is 14.7 Å². The first kappa shape index (κ1) is 26.6. The molecule has 0 fully saturated rings. The van der Waals surface area contributed by atoms with E-state index in [0.29, 0.717) is 24.4 Å². The van der Waals surface area contributed by atoms with Gasteiger partial charge in [-0.1, -0.05) is 29.3 Å². The number of pyridine rings is 2. The molecular weight excluding hydrogens is 527 g/mol. The van der Waals surface area contributed by atoms with Gasteiger partial charge < -0.3 is 14.9 Å². The van der Waals surface area contributed by atoms with Crippen molar-refractivity contribution in [2.24, 2.45) is 0 Å². The van der Waals surface area contributed by atoms with Crippen LogP contribution >= 0.6 is 23.2 Å². The maximum atomic E-state index is 13.9. The molecule has 200 valence electrons. The topological polar surface area (TPSA) is 104 Å². The largest absolute Gasteiger partial charge is 0.384 e. The molecule has 0 spiro atoms. The number of halogens is 2. The minimum absolute atomic E-state index is 0.0458. The summed E-state index contributed by atoms with van der Waals surface area (Å²) in [6.45, 7) is 10.1. The Hall–Kier alpha value is -3.01. The highest BCUT2D eigenvalue weighted by molar-refractivity contribution is 6.42. The average molecular weight is 557 g/mol. The molecule has 0 bridgehead atoms. The Morgan fingerprint density at radius 1 is 1.13 bits per heavy atom. The average Bonchev–Trinajstić information content (AvgIpc) is 3.25. The zero-order valence-corrected chi connectivity index (χ0v) is 23.5. The molecule has 2 aliphatic heterocycles. The van der Waals surface area contributed by atoms with Crippen LogP contribution < -0.4 is 0 Å². The standard InChI is InChI=1S/C27H30Cl2N6O3/c1-14-8-21-18(13-33(14)25(36)22-9-19(28)20(29)11-30-22)24-26(37)34(12-15(2)35(24)32-21)16(3)17-6-7-23(31-10-17)27(4,5)38/h6-7,9-11,14-16,38H,8,12-13H2,1-5H3/t14-,15-,16-/m1/s1. The lowest BCUT2D eigenvalue weighted by atomic mass is 9.97. The van der Waals surface area contributed by atoms with Crippen LogP contribution in [0.3, 0.4) is 0 Å². The van der Waals surface area contributed by atoms with E-state index in [-0.39, 0.29) is 52.2 Å². The minimum atomic E-state index is -1.05. The predicted octanol–water partition coefficient (Wildman–Crippen LogP) is 4.57. The van der Waals surface area contributed by atoms with Gasteiger partial charge in [0, 0.05) is 37.0 Å². The van der Waals surface area contributed by atoms with Crippen LogP contribution in [-0.2, 0) is 18.6 Å². The minimum Gasteiger partial charge on any atom is -0.384 e. The number of hydrogen-bond donors (Lipinski definition) is 1. The van der Waals surface area contributed by atoms with Crippen molar-refractivity contribution in [3.8, 4) is 0 Å². The summed E-state index contributed by atoms with van der Waals surface area (Å²) < 4.78 is 1.81. The van der Waals surface area contributed by atoms with Crippen molar-refractivity contribution >= 4 is 35.0 Å². The Labute approximate surface area is 231 Å². The number of amides is 2. The highest BCUT2D eigenvalue weighted by Gasteiger charge is 2.40. The molecule has 5 heterocycles. The van der Waals surface area contributed by atoms with Crippen LogP contribution in [0.25, 0.3) is 0 Å². The Bertz CT molecular complexity index is 1420. The molecular formula is C27H30Cl2N6O3. The third-order valence-corrected chi connectivity index (χ3v) is 8.15. The van der Waals surface area contributed by atoms with Gasteiger partial charge in [0.15, 0.2) is 0 Å². The van der Waals surface area contributed by atoms with E-state index in [4.69, 9.17) is 28.3 Å². The smallest absolute Gasteiger partial charge is 0.273 e. The molecule has 0 aliphatic carbocycles. The number of aromatic nitrogens is 4. The second kappa shape index (κ2) is 9.63. The quantitative estimate of drug-likeness (QED) is 0.504. The van der Waals surface area contributed by atoms with Gasteiger partial charge in [0.25, 0.3) is 11.8 Å². The molecule has 38 heavy (non-hydrogen) atoms. The molecule has 3 aromatic heterocycles. The van der Waals surface area contributed by atoms with Crippen molar-refractivity contribution in [3.05, 3.63) is 74.5 Å². The fraction of sp³-hybridized carbons (Fsp3) is 0.444. The fourth-order valence-corrected chi connectivity index (χ4v) is 5.42. The number of hydrogen-bond acceptors (Lipinski definition) is 6. The molecule has 0 radical (unpaired) electrons. The van der Waals surface area contributed by atoms with Crippen LogP contribution in [0.4, 0.5) is 0 Å². The second-order valence-electron chi connectivity index (χ2n) is 10.7. The molecule has 9 nitrogen and oxygen atoms in total. The van der Waals surface area contributed by atoms with Crippen LogP contribution in [-0.4, -0.2) is 59.1 Å². The summed E-state index contributed by atoms with van der Waals surface area (Å²) in [5.41, 5.74) is 2.71. The molecule has 0 saturated carbocycles. The monoisotopic (exact) mass is 556 g/mol. The van der Waals surface area contributed by atoms with Crippen LogP contribution in [0.15, 0.2) is 30.6 Å². The Balaban J connectivity index is 1.45. The fourth-order valence-electron chi connectivity index (χ4n) is 5.17. The number of carbonyl (C=O) groups excluding carboxylic acids is 2. The van der Waals surface area contributed by atoms with Gasteiger partial charge in [0.05, 0.1) is 40.1 Å². The Kier molecular flexibility index (Phi) is 6.74. The molecule has 2 amide bonds. The Morgan fingerprint density at radius 2 is 1.87 bits per heavy atom. The van der Waals surface area contributed by atoms with E-state index in [2.05, 4.69) is 9.97 Å². The zero-order valence-electron chi connectivity index (χ0n) is 21.9. The molecule has 0 saturated heterocycles. The van der Waals surface area contributed by atoms with Crippen LogP contribution in [0.1, 0.15) is 90.2 Å². The van der Waals surface area contributed by atoms with Crippen LogP contribution in [0.5, 0.6) is 0 Å². The summed E-state index contributed by atoms with van der Waals surface area (Å²) >= 11 is 12.1. The highest BCUT2D eigenvalue weighted by Crippen LogP contribution is 2.35. The summed E-state index contributed by atoms with van der Waals surface area (Å²) in [6, 6.07) is 4.73. The van der Waals surface area contributed by atoms with Crippen molar-refractivity contribution in [1.29, 1.82) is 0 Å². The van der Waals surface area contributed by atoms with Gasteiger partial charge in [-0.25, -0.2) is 4.98 Å². The summed E-state index contributed by atoms with van der Waals surface area (Å²) in [5.74, 6) is -0.410. The molecule has 3 aromatic rings. The Morgan fingerprint density at radius 3 is 2.50 bits per heavy atom. The molecule has 2 aliphatic rings. The summed E-state index contributed by atoms with van der Waals surface area (Å²) in [4.78, 5) is 39.4. The molecule has 0 unspecified atom stereocenters. The van der Waals surface area contributed by atoms with Crippen LogP contribution in [0, 0.1) is 0 Å². The molecule has 11 heteroatoms. The molecule has 0 aromatic carbocycles. The third-order valence-electron chi connectivity index (χ3n) is 7.43. The predicted molar refractivity (Wildman–Crippen MR) is 143 cm³/mol. The first-order chi connectivity index (χ1) is 17.9. The number of carbonyl (C=O) groups is 2. The van der Waals surface area contributed by atoms with Gasteiger partial charge in [-0.2, -0.15) is 5.10 Å². The first-order valence-electron chi connectivity index (χ1n) is 12.6. The van der Waals surface area contributed by atoms with E-state index < -0.39 is 5.60 Å². The summed E-state index contributed by atoms with van der Waals surface area (Å²) in [5, 5.41) is 15.6. The molecule has 3 atom stereocenters. The highest BCUT2D eigenvalue weighted by atomic mass is 35.5. The maximum absolute atomic E-state index is 13.9. The van der Waals surface area contributed by atoms with Gasteiger partial charge in [-0.05, 0) is 52.3 Å². The zero-order chi connectivity index (χ0) is 27.5. The van der Waals surface area contributed by atoms with Crippen molar-refractivity contribution < 1.29 is 14.7 Å². The maximum Gasteiger partial charge on any atom is 0.273 e. The lowest BCUT2D eigenvalue weighted by Gasteiger charge is -2.37. The van der Waals surface area contributed by atoms with Gasteiger partial charge in [0.1, 0.15) is 17.0 Å². The summed E-state index contributed by atoms with van der Waals surface area (Å²) in [6.07, 6.45) is 3.61. The van der Waals surface area contributed by atoms with E-state index in [0.717, 1.165) is 16.8 Å². The van der Waals surface area contributed by atoms with Gasteiger partial charge in [0.2, 0.25) is 0 Å². The summed E-state index contributed by atoms with van der Waals surface area (Å²) in [7, 11) is 0. The van der Waals surface area contributed by atoms with Crippen molar-refractivity contribution in [3.63, 3.8) is 0 Å². The van der Waals surface area contributed by atoms with Crippen molar-refractivity contribution in [2.45, 2.75) is 71.3 Å². The van der Waals surface area contributed by atoms with Crippen molar-refractivity contribution in [1.82, 2.24) is 29.5 Å². The van der Waals surface area contributed by atoms with Gasteiger partial charge in [-0.15, -0.1) is 0 Å². The number of rotatable bonds is 4. The first-order valence-corrected chi connectivity index (χ1v) is 13.3. The second-order valence-corrected chi connectivity index (χ2v) is 11.5. The van der Waals surface area contributed by atoms with Crippen LogP contribution in [0.2, 0.25) is 10.0 Å². The number of nitrogens with zero attached hydrogens (tertiary/aromatic N) is 6. The third kappa shape index (κ3) is 4.57. The van der Waals surface area contributed by atoms with Gasteiger partial charge in [-0.3, -0.25) is 19.3 Å². The van der Waals surface area contributed by atoms with Crippen molar-refractivity contribution in [2.75, 3.05) is 6.54 Å². The lowest BCUT2D eigenvalue weighted by molar-refractivity contribution is 0.0571. The SMILES string of the molecule is C[C@@H]1Cc2nn3c(c2CN1C(=O)c1cc(Cl)c(Cl)cn1)C(=O)N([C@H](C)c1ccc(C(C)(C)O)nc1)C[C@H]3C. The number of fused-ring (bicyclic) bond motifs is 3.